The van der Waals surface area contributed by atoms with E-state index >= 15 is 0 Å². The van der Waals surface area contributed by atoms with Crippen LogP contribution in [0.5, 0.6) is 5.75 Å². The molecule has 0 bridgehead atoms. The van der Waals surface area contributed by atoms with Crippen LogP contribution in [0.1, 0.15) is 5.76 Å². The van der Waals surface area contributed by atoms with Crippen molar-refractivity contribution in [3.8, 4) is 5.75 Å². The lowest BCUT2D eigenvalue weighted by Gasteiger charge is -2.05. The smallest absolute Gasteiger partial charge is 0.263 e. The number of carbonyl (C=O) groups is 1. The van der Waals surface area contributed by atoms with Crippen molar-refractivity contribution in [2.45, 2.75) is 6.92 Å². The van der Waals surface area contributed by atoms with E-state index in [9.17, 15) is 9.59 Å². The molecule has 2 heterocycles. The Morgan fingerprint density at radius 1 is 1.47 bits per heavy atom. The topological polar surface area (TPSA) is 81.4 Å². The summed E-state index contributed by atoms with van der Waals surface area (Å²) in [6.45, 7) is 1.36. The number of anilines is 1. The second kappa shape index (κ2) is 5.81. The number of ether oxygens (including phenoxy) is 1. The van der Waals surface area contributed by atoms with Crippen LogP contribution in [0.25, 0.3) is 0 Å². The summed E-state index contributed by atoms with van der Waals surface area (Å²) in [6.07, 6.45) is 2.75. The Balaban J connectivity index is 1.92. The molecule has 6 nitrogen and oxygen atoms in total. The van der Waals surface area contributed by atoms with Crippen LogP contribution in [0.2, 0.25) is 0 Å². The van der Waals surface area contributed by atoms with Crippen molar-refractivity contribution in [1.29, 1.82) is 0 Å². The molecule has 0 spiro atoms. The van der Waals surface area contributed by atoms with Crippen LogP contribution in [0.3, 0.4) is 0 Å². The number of rotatable bonds is 4. The van der Waals surface area contributed by atoms with Gasteiger partial charge in [0.2, 0.25) is 11.2 Å². The van der Waals surface area contributed by atoms with Crippen molar-refractivity contribution < 1.29 is 13.9 Å². The Morgan fingerprint density at radius 2 is 2.32 bits per heavy atom. The number of nitrogens with one attached hydrogen (secondary N) is 1. The van der Waals surface area contributed by atoms with Crippen LogP contribution >= 0.6 is 0 Å². The van der Waals surface area contributed by atoms with E-state index in [0.717, 1.165) is 0 Å². The van der Waals surface area contributed by atoms with Crippen molar-refractivity contribution in [3.05, 3.63) is 52.7 Å². The molecule has 0 saturated carbocycles. The molecule has 0 aliphatic carbocycles. The average Bonchev–Trinajstić information content (AvgIpc) is 2.39. The largest absolute Gasteiger partial charge is 0.477 e. The van der Waals surface area contributed by atoms with Crippen molar-refractivity contribution in [2.24, 2.45) is 0 Å². The van der Waals surface area contributed by atoms with Gasteiger partial charge in [-0.05, 0) is 19.1 Å². The molecule has 0 aliphatic heterocycles. The molecule has 2 aromatic rings. The van der Waals surface area contributed by atoms with Gasteiger partial charge in [0.15, 0.2) is 6.61 Å². The zero-order valence-electron chi connectivity index (χ0n) is 10.3. The van der Waals surface area contributed by atoms with Gasteiger partial charge in [-0.15, -0.1) is 0 Å². The number of carbonyl (C=O) groups excluding carboxylic acids is 1. The fourth-order valence-corrected chi connectivity index (χ4v) is 1.36. The second-order valence-electron chi connectivity index (χ2n) is 3.77. The number of nitrogens with zero attached hydrogens (tertiary/aromatic N) is 1. The first kappa shape index (κ1) is 12.8. The molecule has 0 aliphatic rings. The predicted molar refractivity (Wildman–Crippen MR) is 68.1 cm³/mol. The maximum absolute atomic E-state index is 11.6. The third-order valence-electron chi connectivity index (χ3n) is 2.22. The summed E-state index contributed by atoms with van der Waals surface area (Å²) in [5.41, 5.74) is -0.325. The minimum atomic E-state index is -0.404. The van der Waals surface area contributed by atoms with Gasteiger partial charge in [-0.1, -0.05) is 6.07 Å². The third-order valence-corrected chi connectivity index (χ3v) is 2.22. The van der Waals surface area contributed by atoms with Gasteiger partial charge in [-0.25, -0.2) is 4.98 Å². The fourth-order valence-electron chi connectivity index (χ4n) is 1.36. The van der Waals surface area contributed by atoms with Crippen molar-refractivity contribution in [3.63, 3.8) is 0 Å². The SMILES string of the molecule is Cc1cc(=O)c(OCC(=O)Nc2ccccn2)co1. The first-order valence-electron chi connectivity index (χ1n) is 5.58. The van der Waals surface area contributed by atoms with Crippen LogP contribution in [0.4, 0.5) is 5.82 Å². The molecule has 98 valence electrons. The highest BCUT2D eigenvalue weighted by Gasteiger charge is 2.07. The number of hydrogen-bond donors (Lipinski definition) is 1. The number of aromatic nitrogens is 1. The van der Waals surface area contributed by atoms with Crippen molar-refractivity contribution >= 4 is 11.7 Å². The molecule has 0 saturated heterocycles. The highest BCUT2D eigenvalue weighted by Crippen LogP contribution is 2.05. The van der Waals surface area contributed by atoms with Crippen LogP contribution in [-0.2, 0) is 4.79 Å². The monoisotopic (exact) mass is 260 g/mol. The Morgan fingerprint density at radius 3 is 3.00 bits per heavy atom. The van der Waals surface area contributed by atoms with Crippen LogP contribution in [-0.4, -0.2) is 17.5 Å². The van der Waals surface area contributed by atoms with E-state index in [1.165, 1.54) is 12.3 Å². The van der Waals surface area contributed by atoms with Gasteiger partial charge in [-0.3, -0.25) is 9.59 Å². The standard InChI is InChI=1S/C13H12N2O4/c1-9-6-10(16)11(7-18-9)19-8-13(17)15-12-4-2-3-5-14-12/h2-7H,8H2,1H3,(H,14,15,17). The van der Waals surface area contributed by atoms with E-state index in [2.05, 4.69) is 10.3 Å². The average molecular weight is 260 g/mol. The van der Waals surface area contributed by atoms with E-state index in [1.807, 2.05) is 0 Å². The number of pyridine rings is 1. The Kier molecular flexibility index (Phi) is 3.92. The molecule has 0 fully saturated rings. The van der Waals surface area contributed by atoms with E-state index in [-0.39, 0.29) is 17.8 Å². The summed E-state index contributed by atoms with van der Waals surface area (Å²) >= 11 is 0. The molecule has 0 unspecified atom stereocenters. The summed E-state index contributed by atoms with van der Waals surface area (Å²) in [6, 6.07) is 6.44. The molecule has 1 amide bonds. The van der Waals surface area contributed by atoms with Crippen molar-refractivity contribution in [2.75, 3.05) is 11.9 Å². The maximum Gasteiger partial charge on any atom is 0.263 e. The zero-order valence-corrected chi connectivity index (χ0v) is 10.3. The van der Waals surface area contributed by atoms with Crippen LogP contribution < -0.4 is 15.5 Å². The maximum atomic E-state index is 11.6. The van der Waals surface area contributed by atoms with Gasteiger partial charge in [0.1, 0.15) is 17.8 Å². The predicted octanol–water partition coefficient (Wildman–Crippen LogP) is 1.36. The quantitative estimate of drug-likeness (QED) is 0.897. The molecule has 6 heteroatoms. The van der Waals surface area contributed by atoms with E-state index in [4.69, 9.17) is 9.15 Å². The first-order valence-corrected chi connectivity index (χ1v) is 5.58. The van der Waals surface area contributed by atoms with E-state index in [1.54, 1.807) is 31.3 Å². The summed E-state index contributed by atoms with van der Waals surface area (Å²) in [4.78, 5) is 27.0. The lowest BCUT2D eigenvalue weighted by molar-refractivity contribution is -0.118. The summed E-state index contributed by atoms with van der Waals surface area (Å²) in [5.74, 6) is 0.503. The van der Waals surface area contributed by atoms with Crippen LogP contribution in [0, 0.1) is 6.92 Å². The Bertz CT molecular complexity index is 622. The highest BCUT2D eigenvalue weighted by atomic mass is 16.5. The Labute approximate surface area is 109 Å². The van der Waals surface area contributed by atoms with Crippen molar-refractivity contribution in [1.82, 2.24) is 4.98 Å². The molecule has 0 atom stereocenters. The third kappa shape index (κ3) is 3.67. The lowest BCUT2D eigenvalue weighted by Crippen LogP contribution is -2.22. The molecular formula is C13H12N2O4. The van der Waals surface area contributed by atoms with Gasteiger partial charge in [0.05, 0.1) is 0 Å². The zero-order chi connectivity index (χ0) is 13.7. The minimum absolute atomic E-state index is 0.00164. The van der Waals surface area contributed by atoms with Gasteiger partial charge in [0.25, 0.3) is 5.91 Å². The normalized spacial score (nSPS) is 9.95. The minimum Gasteiger partial charge on any atom is -0.477 e. The summed E-state index contributed by atoms with van der Waals surface area (Å²) in [5, 5.41) is 2.54. The fraction of sp³-hybridized carbons (Fsp3) is 0.154. The molecular weight excluding hydrogens is 248 g/mol. The first-order chi connectivity index (χ1) is 9.15. The molecule has 2 aromatic heterocycles. The summed E-state index contributed by atoms with van der Waals surface area (Å²) < 4.78 is 10.1. The highest BCUT2D eigenvalue weighted by molar-refractivity contribution is 5.90. The Hall–Kier alpha value is -2.63. The lowest BCUT2D eigenvalue weighted by atomic mass is 10.4. The van der Waals surface area contributed by atoms with Gasteiger partial charge < -0.3 is 14.5 Å². The van der Waals surface area contributed by atoms with E-state index in [0.29, 0.717) is 11.6 Å². The number of amides is 1. The molecule has 2 rings (SSSR count). The number of hydrogen-bond acceptors (Lipinski definition) is 5. The molecule has 1 N–H and O–H groups in total. The van der Waals surface area contributed by atoms with Gasteiger partial charge >= 0.3 is 0 Å². The number of aryl methyl sites for hydroxylation is 1. The molecule has 0 aromatic carbocycles. The summed E-state index contributed by atoms with van der Waals surface area (Å²) in [7, 11) is 0. The van der Waals surface area contributed by atoms with Gasteiger partial charge in [0, 0.05) is 12.3 Å². The molecule has 0 radical (unpaired) electrons. The van der Waals surface area contributed by atoms with E-state index < -0.39 is 5.91 Å². The van der Waals surface area contributed by atoms with Gasteiger partial charge in [-0.2, -0.15) is 0 Å². The second-order valence-corrected chi connectivity index (χ2v) is 3.77. The van der Waals surface area contributed by atoms with Crippen LogP contribution in [0.15, 0.2) is 45.9 Å². The molecule has 19 heavy (non-hydrogen) atoms.